The van der Waals surface area contributed by atoms with E-state index in [-0.39, 0.29) is 5.82 Å². The Kier molecular flexibility index (Phi) is 5.30. The maximum absolute atomic E-state index is 13.1. The Morgan fingerprint density at radius 3 is 2.50 bits per heavy atom. The molecule has 0 aliphatic rings. The number of aromatic amines is 1. The highest BCUT2D eigenvalue weighted by molar-refractivity contribution is 5.70. The van der Waals surface area contributed by atoms with Crippen molar-refractivity contribution in [1.82, 2.24) is 19.9 Å². The van der Waals surface area contributed by atoms with Gasteiger partial charge in [0.25, 0.3) is 0 Å². The highest BCUT2D eigenvalue weighted by Crippen LogP contribution is 2.32. The molecule has 2 aromatic heterocycles. The van der Waals surface area contributed by atoms with E-state index in [0.29, 0.717) is 23.3 Å². The minimum Gasteiger partial charge on any atom is -0.496 e. The predicted molar refractivity (Wildman–Crippen MR) is 112 cm³/mol. The Morgan fingerprint density at radius 2 is 1.80 bits per heavy atom. The maximum Gasteiger partial charge on any atom is 0.230 e. The van der Waals surface area contributed by atoms with Crippen LogP contribution in [0.3, 0.4) is 0 Å². The number of H-pyrrole nitrogens is 1. The standard InChI is InChI=1S/C22H20FN5O2/c1-13-10-20(30-17-7-4-15(23)5-8-17)28-22(26-13)27-16-6-9-18(19(11-16)29-3)21-24-12-14(2)25-21/h4-12H,1-3H3,(H,24,25)(H,26,27,28). The molecule has 0 saturated carbocycles. The Morgan fingerprint density at radius 1 is 1.00 bits per heavy atom. The van der Waals surface area contributed by atoms with Crippen LogP contribution >= 0.6 is 0 Å². The lowest BCUT2D eigenvalue weighted by molar-refractivity contribution is 0.416. The van der Waals surface area contributed by atoms with E-state index in [1.54, 1.807) is 31.5 Å². The number of hydrogen-bond acceptors (Lipinski definition) is 6. The van der Waals surface area contributed by atoms with Crippen LogP contribution in [0.1, 0.15) is 11.4 Å². The average Bonchev–Trinajstić information content (AvgIpc) is 3.15. The van der Waals surface area contributed by atoms with E-state index < -0.39 is 0 Å². The molecule has 0 aliphatic heterocycles. The molecule has 152 valence electrons. The molecule has 7 nitrogen and oxygen atoms in total. The van der Waals surface area contributed by atoms with Crippen LogP contribution in [0.5, 0.6) is 17.4 Å². The van der Waals surface area contributed by atoms with Crippen molar-refractivity contribution in [2.45, 2.75) is 13.8 Å². The largest absolute Gasteiger partial charge is 0.496 e. The summed E-state index contributed by atoms with van der Waals surface area (Å²) in [6.07, 6.45) is 1.77. The van der Waals surface area contributed by atoms with Crippen molar-refractivity contribution in [1.29, 1.82) is 0 Å². The Labute approximate surface area is 173 Å². The number of halogens is 1. The van der Waals surface area contributed by atoms with Crippen molar-refractivity contribution in [3.63, 3.8) is 0 Å². The fourth-order valence-corrected chi connectivity index (χ4v) is 2.91. The number of rotatable bonds is 6. The molecular formula is C22H20FN5O2. The van der Waals surface area contributed by atoms with Gasteiger partial charge >= 0.3 is 0 Å². The van der Waals surface area contributed by atoms with E-state index in [0.717, 1.165) is 28.5 Å². The number of ether oxygens (including phenoxy) is 2. The van der Waals surface area contributed by atoms with Crippen molar-refractivity contribution >= 4 is 11.6 Å². The lowest BCUT2D eigenvalue weighted by Crippen LogP contribution is -2.01. The fourth-order valence-electron chi connectivity index (χ4n) is 2.91. The molecule has 0 unspecified atom stereocenters. The van der Waals surface area contributed by atoms with E-state index in [4.69, 9.17) is 9.47 Å². The Hall–Kier alpha value is -3.94. The number of nitrogens with one attached hydrogen (secondary N) is 2. The minimum atomic E-state index is -0.328. The summed E-state index contributed by atoms with van der Waals surface area (Å²) in [5, 5.41) is 3.17. The molecule has 0 aliphatic carbocycles. The SMILES string of the molecule is COc1cc(Nc2nc(C)cc(Oc3ccc(F)cc3)n2)ccc1-c1ncc(C)[nH]1. The van der Waals surface area contributed by atoms with Crippen LogP contribution in [-0.4, -0.2) is 27.0 Å². The average molecular weight is 405 g/mol. The molecule has 8 heteroatoms. The molecule has 4 rings (SSSR count). The van der Waals surface area contributed by atoms with Crippen LogP contribution in [0.15, 0.2) is 54.7 Å². The van der Waals surface area contributed by atoms with Crippen LogP contribution in [-0.2, 0) is 0 Å². The fraction of sp³-hybridized carbons (Fsp3) is 0.136. The van der Waals surface area contributed by atoms with E-state index in [2.05, 4.69) is 25.3 Å². The van der Waals surface area contributed by atoms with Gasteiger partial charge in [-0.05, 0) is 50.2 Å². The molecule has 0 saturated heterocycles. The highest BCUT2D eigenvalue weighted by atomic mass is 19.1. The lowest BCUT2D eigenvalue weighted by atomic mass is 10.1. The van der Waals surface area contributed by atoms with Crippen LogP contribution in [0.2, 0.25) is 0 Å². The zero-order chi connectivity index (χ0) is 21.1. The van der Waals surface area contributed by atoms with Crippen molar-refractivity contribution in [3.8, 4) is 28.8 Å². The van der Waals surface area contributed by atoms with Crippen LogP contribution < -0.4 is 14.8 Å². The molecular weight excluding hydrogens is 385 g/mol. The summed E-state index contributed by atoms with van der Waals surface area (Å²) in [7, 11) is 1.61. The molecule has 0 fully saturated rings. The predicted octanol–water partition coefficient (Wildman–Crippen LogP) is 5.17. The zero-order valence-electron chi connectivity index (χ0n) is 16.7. The first-order chi connectivity index (χ1) is 14.5. The summed E-state index contributed by atoms with van der Waals surface area (Å²) in [5.41, 5.74) is 3.29. The summed E-state index contributed by atoms with van der Waals surface area (Å²) in [6, 6.07) is 13.1. The molecule has 30 heavy (non-hydrogen) atoms. The van der Waals surface area contributed by atoms with Gasteiger partial charge in [0, 0.05) is 35.4 Å². The van der Waals surface area contributed by atoms with Gasteiger partial charge < -0.3 is 19.8 Å². The summed E-state index contributed by atoms with van der Waals surface area (Å²) in [4.78, 5) is 16.3. The van der Waals surface area contributed by atoms with Crippen molar-refractivity contribution in [3.05, 3.63) is 71.9 Å². The lowest BCUT2D eigenvalue weighted by Gasteiger charge is -2.12. The van der Waals surface area contributed by atoms with Crippen LogP contribution in [0.25, 0.3) is 11.4 Å². The smallest absolute Gasteiger partial charge is 0.230 e. The van der Waals surface area contributed by atoms with Crippen LogP contribution in [0.4, 0.5) is 16.0 Å². The summed E-state index contributed by atoms with van der Waals surface area (Å²) < 4.78 is 24.3. The zero-order valence-corrected chi connectivity index (χ0v) is 16.7. The third-order valence-corrected chi connectivity index (χ3v) is 4.28. The van der Waals surface area contributed by atoms with Crippen molar-refractivity contribution in [2.24, 2.45) is 0 Å². The molecule has 0 amide bonds. The number of aromatic nitrogens is 4. The minimum absolute atomic E-state index is 0.328. The van der Waals surface area contributed by atoms with Crippen molar-refractivity contribution < 1.29 is 13.9 Å². The molecule has 0 radical (unpaired) electrons. The number of imidazole rings is 1. The number of nitrogens with zero attached hydrogens (tertiary/aromatic N) is 3. The number of benzene rings is 2. The monoisotopic (exact) mass is 405 g/mol. The van der Waals surface area contributed by atoms with Gasteiger partial charge in [0.2, 0.25) is 11.8 Å². The molecule has 0 bridgehead atoms. The number of methoxy groups -OCH3 is 1. The van der Waals surface area contributed by atoms with Gasteiger partial charge in [0.15, 0.2) is 0 Å². The molecule has 0 spiro atoms. The third kappa shape index (κ3) is 4.38. The molecule has 2 heterocycles. The van der Waals surface area contributed by atoms with Gasteiger partial charge in [-0.3, -0.25) is 0 Å². The van der Waals surface area contributed by atoms with Gasteiger partial charge in [0.05, 0.1) is 12.7 Å². The number of anilines is 2. The van der Waals surface area contributed by atoms with Gasteiger partial charge in [-0.2, -0.15) is 4.98 Å². The number of hydrogen-bond donors (Lipinski definition) is 2. The second-order valence-corrected chi connectivity index (χ2v) is 6.68. The van der Waals surface area contributed by atoms with E-state index in [9.17, 15) is 4.39 Å². The topological polar surface area (TPSA) is 84.9 Å². The van der Waals surface area contributed by atoms with Gasteiger partial charge in [-0.25, -0.2) is 14.4 Å². The van der Waals surface area contributed by atoms with E-state index in [1.807, 2.05) is 32.0 Å². The Balaban J connectivity index is 1.57. The van der Waals surface area contributed by atoms with Crippen LogP contribution in [0, 0.1) is 19.7 Å². The second kappa shape index (κ2) is 8.20. The van der Waals surface area contributed by atoms with Crippen molar-refractivity contribution in [2.75, 3.05) is 12.4 Å². The van der Waals surface area contributed by atoms with E-state index >= 15 is 0 Å². The molecule has 0 atom stereocenters. The number of aryl methyl sites for hydroxylation is 2. The normalized spacial score (nSPS) is 10.7. The second-order valence-electron chi connectivity index (χ2n) is 6.68. The first-order valence-corrected chi connectivity index (χ1v) is 9.26. The van der Waals surface area contributed by atoms with E-state index in [1.165, 1.54) is 12.1 Å². The highest BCUT2D eigenvalue weighted by Gasteiger charge is 2.11. The first kappa shape index (κ1) is 19.4. The molecule has 4 aromatic rings. The summed E-state index contributed by atoms with van der Waals surface area (Å²) in [6.45, 7) is 3.78. The third-order valence-electron chi connectivity index (χ3n) is 4.28. The summed E-state index contributed by atoms with van der Waals surface area (Å²) >= 11 is 0. The van der Waals surface area contributed by atoms with Gasteiger partial charge in [0.1, 0.15) is 23.1 Å². The summed E-state index contributed by atoms with van der Waals surface area (Å²) in [5.74, 6) is 2.27. The molecule has 2 aromatic carbocycles. The Bertz CT molecular complexity index is 1170. The van der Waals surface area contributed by atoms with Gasteiger partial charge in [-0.15, -0.1) is 0 Å². The first-order valence-electron chi connectivity index (χ1n) is 9.26. The molecule has 2 N–H and O–H groups in total. The quantitative estimate of drug-likeness (QED) is 0.460. The maximum atomic E-state index is 13.1. The van der Waals surface area contributed by atoms with Gasteiger partial charge in [-0.1, -0.05) is 0 Å².